The van der Waals surface area contributed by atoms with Crippen molar-refractivity contribution in [2.75, 3.05) is 56.0 Å². The van der Waals surface area contributed by atoms with Gasteiger partial charge in [0, 0.05) is 44.3 Å². The summed E-state index contributed by atoms with van der Waals surface area (Å²) in [6.45, 7) is 2.53. The normalized spacial score (nSPS) is 16.7. The van der Waals surface area contributed by atoms with Gasteiger partial charge in [-0.3, -0.25) is 4.79 Å². The molecule has 2 N–H and O–H groups in total. The second-order valence-corrected chi connectivity index (χ2v) is 10.8. The summed E-state index contributed by atoms with van der Waals surface area (Å²) < 4.78 is 29.9. The van der Waals surface area contributed by atoms with Crippen molar-refractivity contribution >= 4 is 29.1 Å². The number of hydrogen-bond acceptors (Lipinski definition) is 9. The number of carbonyl (C=O) groups is 2. The van der Waals surface area contributed by atoms with Gasteiger partial charge < -0.3 is 29.7 Å². The summed E-state index contributed by atoms with van der Waals surface area (Å²) in [4.78, 5) is 32.3. The van der Waals surface area contributed by atoms with Crippen molar-refractivity contribution in [2.45, 2.75) is 25.9 Å². The first-order valence-electron chi connectivity index (χ1n) is 14.1. The van der Waals surface area contributed by atoms with Gasteiger partial charge in [-0.1, -0.05) is 12.1 Å². The number of amides is 1. The standard InChI is InChI=1S/C32H34FN5O5/c1-41-15-12-35-26-9-8-22(31(40)42-2)17-27(26)36-30(39)24-18-32(24)10-13-38(14-11-32)28-4-3-5-29(37-28)43-20-23-7-6-21(19-34)16-25(23)33/h3-9,16-17,24,35H,10-15,18,20H2,1-2H3,(H,36,39). The Morgan fingerprint density at radius 3 is 2.65 bits per heavy atom. The number of hydrogen-bond donors (Lipinski definition) is 2. The fourth-order valence-corrected chi connectivity index (χ4v) is 5.55. The number of nitrogens with one attached hydrogen (secondary N) is 2. The van der Waals surface area contributed by atoms with Crippen LogP contribution in [0.5, 0.6) is 5.88 Å². The highest BCUT2D eigenvalue weighted by Gasteiger charge is 2.58. The Labute approximate surface area is 249 Å². The van der Waals surface area contributed by atoms with E-state index in [9.17, 15) is 14.0 Å². The van der Waals surface area contributed by atoms with E-state index in [0.29, 0.717) is 41.5 Å². The number of nitrogens with zero attached hydrogens (tertiary/aromatic N) is 3. The van der Waals surface area contributed by atoms with Crippen LogP contribution in [0.25, 0.3) is 0 Å². The number of carbonyl (C=O) groups excluding carboxylic acids is 2. The first-order chi connectivity index (χ1) is 20.9. The maximum absolute atomic E-state index is 14.2. The van der Waals surface area contributed by atoms with E-state index in [-0.39, 0.29) is 29.4 Å². The molecule has 1 spiro atoms. The fourth-order valence-electron chi connectivity index (χ4n) is 5.55. The Morgan fingerprint density at radius 1 is 1.12 bits per heavy atom. The molecular formula is C32H34FN5O5. The van der Waals surface area contributed by atoms with Crippen LogP contribution in [0.15, 0.2) is 54.6 Å². The quantitative estimate of drug-likeness (QED) is 0.241. The predicted molar refractivity (Wildman–Crippen MR) is 158 cm³/mol. The molecule has 1 atom stereocenters. The Kier molecular flexibility index (Phi) is 9.07. The molecule has 1 aliphatic carbocycles. The molecular weight excluding hydrogens is 553 g/mol. The molecule has 0 bridgehead atoms. The minimum absolute atomic E-state index is 0.0000501. The maximum Gasteiger partial charge on any atom is 0.337 e. The first-order valence-corrected chi connectivity index (χ1v) is 14.1. The number of esters is 1. The molecule has 3 aromatic rings. The monoisotopic (exact) mass is 587 g/mol. The molecule has 1 aliphatic heterocycles. The van der Waals surface area contributed by atoms with E-state index in [1.807, 2.05) is 18.2 Å². The molecule has 2 heterocycles. The Bertz CT molecular complexity index is 1530. The fraction of sp³-hybridized carbons (Fsp3) is 0.375. The highest BCUT2D eigenvalue weighted by molar-refractivity contribution is 6.00. The first kappa shape index (κ1) is 29.8. The minimum atomic E-state index is -0.491. The van der Waals surface area contributed by atoms with Gasteiger partial charge in [0.1, 0.15) is 18.2 Å². The van der Waals surface area contributed by atoms with Crippen LogP contribution >= 0.6 is 0 Å². The summed E-state index contributed by atoms with van der Waals surface area (Å²) in [5.41, 5.74) is 2.13. The third-order valence-electron chi connectivity index (χ3n) is 8.18. The number of benzene rings is 2. The van der Waals surface area contributed by atoms with Crippen LogP contribution < -0.4 is 20.3 Å². The minimum Gasteiger partial charge on any atom is -0.473 e. The van der Waals surface area contributed by atoms with E-state index < -0.39 is 11.8 Å². The van der Waals surface area contributed by atoms with E-state index in [0.717, 1.165) is 38.2 Å². The number of ether oxygens (including phenoxy) is 3. The maximum atomic E-state index is 14.2. The van der Waals surface area contributed by atoms with Gasteiger partial charge >= 0.3 is 5.97 Å². The van der Waals surface area contributed by atoms with E-state index in [1.165, 1.54) is 13.2 Å². The number of halogens is 1. The van der Waals surface area contributed by atoms with Crippen LogP contribution in [-0.2, 0) is 20.9 Å². The van der Waals surface area contributed by atoms with Crippen LogP contribution in [0, 0.1) is 28.5 Å². The molecule has 1 aromatic heterocycles. The van der Waals surface area contributed by atoms with Crippen molar-refractivity contribution in [3.8, 4) is 11.9 Å². The third-order valence-corrected chi connectivity index (χ3v) is 8.18. The summed E-state index contributed by atoms with van der Waals surface area (Å²) in [6.07, 6.45) is 2.49. The summed E-state index contributed by atoms with van der Waals surface area (Å²) >= 11 is 0. The molecule has 1 saturated heterocycles. The van der Waals surface area contributed by atoms with Crippen LogP contribution in [0.1, 0.15) is 40.7 Å². The number of methoxy groups -OCH3 is 2. The Hall–Kier alpha value is -4.69. The second-order valence-electron chi connectivity index (χ2n) is 10.8. The summed E-state index contributed by atoms with van der Waals surface area (Å²) in [6, 6.07) is 16.7. The lowest BCUT2D eigenvalue weighted by atomic mass is 9.90. The smallest absolute Gasteiger partial charge is 0.337 e. The number of anilines is 3. The van der Waals surface area contributed by atoms with Crippen molar-refractivity contribution < 1.29 is 28.2 Å². The topological polar surface area (TPSA) is 126 Å². The summed E-state index contributed by atoms with van der Waals surface area (Å²) in [5.74, 6) is 0.00468. The van der Waals surface area contributed by atoms with Crippen LogP contribution in [0.2, 0.25) is 0 Å². The molecule has 1 unspecified atom stereocenters. The van der Waals surface area contributed by atoms with E-state index in [4.69, 9.17) is 19.5 Å². The van der Waals surface area contributed by atoms with Gasteiger partial charge in [0.15, 0.2) is 0 Å². The molecule has 2 fully saturated rings. The number of rotatable bonds is 11. The van der Waals surface area contributed by atoms with Gasteiger partial charge in [0.25, 0.3) is 0 Å². The lowest BCUT2D eigenvalue weighted by Crippen LogP contribution is -2.36. The van der Waals surface area contributed by atoms with Crippen LogP contribution in [0.4, 0.5) is 21.6 Å². The van der Waals surface area contributed by atoms with E-state index >= 15 is 0 Å². The zero-order chi connectivity index (χ0) is 30.4. The molecule has 2 aliphatic rings. The molecule has 2 aromatic carbocycles. The van der Waals surface area contributed by atoms with Gasteiger partial charge in [0.2, 0.25) is 11.8 Å². The third kappa shape index (κ3) is 6.87. The van der Waals surface area contributed by atoms with Crippen molar-refractivity contribution in [2.24, 2.45) is 11.3 Å². The van der Waals surface area contributed by atoms with Crippen molar-refractivity contribution in [1.29, 1.82) is 5.26 Å². The van der Waals surface area contributed by atoms with Crippen LogP contribution in [0.3, 0.4) is 0 Å². The van der Waals surface area contributed by atoms with Crippen molar-refractivity contribution in [3.05, 3.63) is 77.1 Å². The predicted octanol–water partition coefficient (Wildman–Crippen LogP) is 4.76. The molecule has 1 amide bonds. The number of piperidine rings is 1. The van der Waals surface area contributed by atoms with Gasteiger partial charge in [-0.15, -0.1) is 0 Å². The highest BCUT2D eigenvalue weighted by atomic mass is 19.1. The van der Waals surface area contributed by atoms with Gasteiger partial charge in [-0.05, 0) is 61.1 Å². The average Bonchev–Trinajstić information content (AvgIpc) is 3.74. The Morgan fingerprint density at radius 2 is 1.93 bits per heavy atom. The molecule has 224 valence electrons. The molecule has 5 rings (SSSR count). The summed E-state index contributed by atoms with van der Waals surface area (Å²) in [7, 11) is 2.94. The van der Waals surface area contributed by atoms with Gasteiger partial charge in [-0.2, -0.15) is 10.2 Å². The lowest BCUT2D eigenvalue weighted by molar-refractivity contribution is -0.118. The molecule has 1 saturated carbocycles. The van der Waals surface area contributed by atoms with Gasteiger partial charge in [0.05, 0.1) is 42.3 Å². The number of pyridine rings is 1. The Balaban J connectivity index is 1.18. The number of nitriles is 1. The van der Waals surface area contributed by atoms with E-state index in [1.54, 1.807) is 43.5 Å². The van der Waals surface area contributed by atoms with Crippen molar-refractivity contribution in [1.82, 2.24) is 4.98 Å². The van der Waals surface area contributed by atoms with Crippen LogP contribution in [-0.4, -0.2) is 57.3 Å². The largest absolute Gasteiger partial charge is 0.473 e. The molecule has 11 heteroatoms. The second kappa shape index (κ2) is 13.1. The molecule has 43 heavy (non-hydrogen) atoms. The lowest BCUT2D eigenvalue weighted by Gasteiger charge is -2.33. The zero-order valence-corrected chi connectivity index (χ0v) is 24.2. The molecule has 0 radical (unpaired) electrons. The SMILES string of the molecule is COCCNc1ccc(C(=O)OC)cc1NC(=O)C1CC12CCN(c1cccc(OCc3ccc(C#N)cc3F)n1)CC2. The van der Waals surface area contributed by atoms with Gasteiger partial charge in [-0.25, -0.2) is 9.18 Å². The molecule has 10 nitrogen and oxygen atoms in total. The van der Waals surface area contributed by atoms with Crippen molar-refractivity contribution in [3.63, 3.8) is 0 Å². The highest BCUT2D eigenvalue weighted by Crippen LogP contribution is 2.60. The summed E-state index contributed by atoms with van der Waals surface area (Å²) in [5, 5.41) is 15.2. The number of aromatic nitrogens is 1. The average molecular weight is 588 g/mol. The van der Waals surface area contributed by atoms with E-state index in [2.05, 4.69) is 20.5 Å². The zero-order valence-electron chi connectivity index (χ0n) is 24.2.